The molecule has 1 aliphatic carbocycles. The summed E-state index contributed by atoms with van der Waals surface area (Å²) in [6, 6.07) is 6.75. The molecule has 0 radical (unpaired) electrons. The van der Waals surface area contributed by atoms with Gasteiger partial charge in [-0.25, -0.2) is 0 Å². The molecule has 1 aliphatic rings. The highest BCUT2D eigenvalue weighted by Gasteiger charge is 2.24. The molecule has 0 fully saturated rings. The molecular weight excluding hydrogens is 264 g/mol. The quantitative estimate of drug-likeness (QED) is 0.811. The summed E-state index contributed by atoms with van der Waals surface area (Å²) in [4.78, 5) is 11.9. The van der Waals surface area contributed by atoms with Gasteiger partial charge in [0.05, 0.1) is 0 Å². The summed E-state index contributed by atoms with van der Waals surface area (Å²) in [5, 5.41) is 6.32. The van der Waals surface area contributed by atoms with Crippen LogP contribution in [0.4, 0.5) is 0 Å². The highest BCUT2D eigenvalue weighted by Crippen LogP contribution is 2.36. The fourth-order valence-corrected chi connectivity index (χ4v) is 2.96. The number of rotatable bonds is 7. The van der Waals surface area contributed by atoms with Gasteiger partial charge in [0, 0.05) is 12.1 Å². The maximum atomic E-state index is 11.9. The van der Waals surface area contributed by atoms with Gasteiger partial charge in [-0.15, -0.1) is 0 Å². The third-order valence-corrected chi connectivity index (χ3v) is 4.29. The van der Waals surface area contributed by atoms with Crippen molar-refractivity contribution in [3.05, 3.63) is 29.3 Å². The zero-order valence-electron chi connectivity index (χ0n) is 13.2. The molecule has 0 bridgehead atoms. The Balaban J connectivity index is 1.96. The Hall–Kier alpha value is -1.55. The molecule has 4 nitrogen and oxygen atoms in total. The average Bonchev–Trinajstić information content (AvgIpc) is 2.94. The lowest BCUT2D eigenvalue weighted by atomic mass is 10.1. The van der Waals surface area contributed by atoms with Crippen LogP contribution in [0.15, 0.2) is 18.2 Å². The average molecular weight is 290 g/mol. The molecule has 0 saturated heterocycles. The number of carbonyl (C=O) groups is 1. The van der Waals surface area contributed by atoms with Crippen LogP contribution in [-0.2, 0) is 11.2 Å². The van der Waals surface area contributed by atoms with Crippen LogP contribution in [0.5, 0.6) is 5.75 Å². The second kappa shape index (κ2) is 7.46. The molecule has 0 saturated carbocycles. The lowest BCUT2D eigenvalue weighted by Crippen LogP contribution is -2.37. The molecule has 21 heavy (non-hydrogen) atoms. The van der Waals surface area contributed by atoms with Gasteiger partial charge in [0.2, 0.25) is 0 Å². The predicted molar refractivity (Wildman–Crippen MR) is 84.6 cm³/mol. The van der Waals surface area contributed by atoms with Gasteiger partial charge in [-0.2, -0.15) is 0 Å². The molecule has 2 N–H and O–H groups in total. The number of ether oxygens (including phenoxy) is 1. The van der Waals surface area contributed by atoms with Crippen molar-refractivity contribution in [2.75, 3.05) is 13.7 Å². The summed E-state index contributed by atoms with van der Waals surface area (Å²) in [6.07, 6.45) is 4.00. The van der Waals surface area contributed by atoms with Crippen molar-refractivity contribution in [2.45, 2.75) is 51.6 Å². The molecule has 1 amide bonds. The van der Waals surface area contributed by atoms with E-state index < -0.39 is 0 Å². The molecule has 1 atom stereocenters. The fraction of sp³-hybridized carbons (Fsp3) is 0.588. The molecule has 4 heteroatoms. The van der Waals surface area contributed by atoms with E-state index in [4.69, 9.17) is 4.74 Å². The van der Waals surface area contributed by atoms with E-state index in [-0.39, 0.29) is 18.6 Å². The number of fused-ring (bicyclic) bond motifs is 1. The van der Waals surface area contributed by atoms with Crippen molar-refractivity contribution in [1.29, 1.82) is 0 Å². The van der Waals surface area contributed by atoms with E-state index in [1.54, 1.807) is 0 Å². The molecule has 0 heterocycles. The van der Waals surface area contributed by atoms with Crippen LogP contribution in [0.1, 0.15) is 50.3 Å². The topological polar surface area (TPSA) is 50.4 Å². The van der Waals surface area contributed by atoms with Gasteiger partial charge in [-0.1, -0.05) is 26.0 Å². The summed E-state index contributed by atoms with van der Waals surface area (Å²) in [5.41, 5.74) is 2.54. The summed E-state index contributed by atoms with van der Waals surface area (Å²) >= 11 is 0. The van der Waals surface area contributed by atoms with Crippen molar-refractivity contribution in [1.82, 2.24) is 10.6 Å². The van der Waals surface area contributed by atoms with Gasteiger partial charge in [0.15, 0.2) is 6.61 Å². The molecule has 1 unspecified atom stereocenters. The van der Waals surface area contributed by atoms with E-state index in [9.17, 15) is 4.79 Å². The van der Waals surface area contributed by atoms with Crippen molar-refractivity contribution in [3.8, 4) is 5.75 Å². The summed E-state index contributed by atoms with van der Waals surface area (Å²) in [6.45, 7) is 4.26. The SMILES string of the molecule is CCC(CC)NC(=O)COc1cccc2c1CCC2NC. The smallest absolute Gasteiger partial charge is 0.258 e. The molecule has 2 rings (SSSR count). The third kappa shape index (κ3) is 3.76. The second-order valence-electron chi connectivity index (χ2n) is 5.57. The first-order chi connectivity index (χ1) is 10.2. The van der Waals surface area contributed by atoms with Crippen molar-refractivity contribution < 1.29 is 9.53 Å². The van der Waals surface area contributed by atoms with Gasteiger partial charge in [-0.3, -0.25) is 4.79 Å². The van der Waals surface area contributed by atoms with E-state index in [1.807, 2.05) is 19.2 Å². The van der Waals surface area contributed by atoms with Gasteiger partial charge < -0.3 is 15.4 Å². The summed E-state index contributed by atoms with van der Waals surface area (Å²) in [7, 11) is 1.98. The van der Waals surface area contributed by atoms with E-state index in [1.165, 1.54) is 11.1 Å². The molecule has 116 valence electrons. The summed E-state index contributed by atoms with van der Waals surface area (Å²) in [5.74, 6) is 0.814. The molecule has 0 spiro atoms. The largest absolute Gasteiger partial charge is 0.483 e. The minimum atomic E-state index is -0.0375. The molecule has 0 aromatic heterocycles. The number of benzene rings is 1. The van der Waals surface area contributed by atoms with Crippen molar-refractivity contribution in [3.63, 3.8) is 0 Å². The normalized spacial score (nSPS) is 16.9. The highest BCUT2D eigenvalue weighted by molar-refractivity contribution is 5.77. The Morgan fingerprint density at radius 1 is 1.38 bits per heavy atom. The van der Waals surface area contributed by atoms with Crippen LogP contribution in [0, 0.1) is 0 Å². The van der Waals surface area contributed by atoms with Gasteiger partial charge in [-0.05, 0) is 49.9 Å². The van der Waals surface area contributed by atoms with Crippen LogP contribution < -0.4 is 15.4 Å². The first kappa shape index (κ1) is 15.8. The summed E-state index contributed by atoms with van der Waals surface area (Å²) < 4.78 is 5.75. The highest BCUT2D eigenvalue weighted by atomic mass is 16.5. The lowest BCUT2D eigenvalue weighted by molar-refractivity contribution is -0.123. The van der Waals surface area contributed by atoms with E-state index >= 15 is 0 Å². The second-order valence-corrected chi connectivity index (χ2v) is 5.57. The Bertz CT molecular complexity index is 484. The molecular formula is C17H26N2O2. The van der Waals surface area contributed by atoms with Crippen molar-refractivity contribution >= 4 is 5.91 Å². The number of amides is 1. The molecule has 1 aromatic carbocycles. The van der Waals surface area contributed by atoms with Crippen LogP contribution in [0.3, 0.4) is 0 Å². The number of hydrogen-bond acceptors (Lipinski definition) is 3. The maximum absolute atomic E-state index is 11.9. The number of nitrogens with one attached hydrogen (secondary N) is 2. The Morgan fingerprint density at radius 3 is 2.81 bits per heavy atom. The zero-order chi connectivity index (χ0) is 15.2. The predicted octanol–water partition coefficient (Wildman–Crippen LogP) is 2.58. The monoisotopic (exact) mass is 290 g/mol. The zero-order valence-corrected chi connectivity index (χ0v) is 13.2. The first-order valence-electron chi connectivity index (χ1n) is 7.90. The van der Waals surface area contributed by atoms with Gasteiger partial charge in [0.25, 0.3) is 5.91 Å². The van der Waals surface area contributed by atoms with E-state index in [0.717, 1.165) is 31.4 Å². The fourth-order valence-electron chi connectivity index (χ4n) is 2.96. The van der Waals surface area contributed by atoms with Gasteiger partial charge >= 0.3 is 0 Å². The van der Waals surface area contributed by atoms with Crippen molar-refractivity contribution in [2.24, 2.45) is 0 Å². The Labute approximate surface area is 127 Å². The lowest BCUT2D eigenvalue weighted by Gasteiger charge is -2.16. The van der Waals surface area contributed by atoms with Crippen LogP contribution in [-0.4, -0.2) is 25.6 Å². The van der Waals surface area contributed by atoms with E-state index in [2.05, 4.69) is 30.5 Å². The van der Waals surface area contributed by atoms with Crippen LogP contribution in [0.25, 0.3) is 0 Å². The van der Waals surface area contributed by atoms with E-state index in [0.29, 0.717) is 6.04 Å². The first-order valence-corrected chi connectivity index (χ1v) is 7.90. The number of hydrogen-bond donors (Lipinski definition) is 2. The number of carbonyl (C=O) groups excluding carboxylic acids is 1. The Morgan fingerprint density at radius 2 is 2.14 bits per heavy atom. The maximum Gasteiger partial charge on any atom is 0.258 e. The van der Waals surface area contributed by atoms with Crippen LogP contribution >= 0.6 is 0 Å². The Kier molecular flexibility index (Phi) is 5.62. The van der Waals surface area contributed by atoms with Crippen LogP contribution in [0.2, 0.25) is 0 Å². The van der Waals surface area contributed by atoms with Gasteiger partial charge in [0.1, 0.15) is 5.75 Å². The third-order valence-electron chi connectivity index (χ3n) is 4.29. The molecule has 0 aliphatic heterocycles. The minimum absolute atomic E-state index is 0.0375. The standard InChI is InChI=1S/C17H26N2O2/c1-4-12(5-2)19-17(20)11-21-16-8-6-7-13-14(16)9-10-15(13)18-3/h6-8,12,15,18H,4-5,9-11H2,1-3H3,(H,19,20). The minimum Gasteiger partial charge on any atom is -0.483 e. The molecule has 1 aromatic rings.